The second-order valence-electron chi connectivity index (χ2n) is 11.3. The lowest BCUT2D eigenvalue weighted by Gasteiger charge is -2.32. The fraction of sp³-hybridized carbons (Fsp3) is 0.667. The van der Waals surface area contributed by atoms with Gasteiger partial charge in [-0.3, -0.25) is 14.8 Å². The minimum absolute atomic E-state index is 0.0502. The molecule has 1 N–H and O–H groups in total. The monoisotopic (exact) mass is 614 g/mol. The van der Waals surface area contributed by atoms with Crippen molar-refractivity contribution in [2.45, 2.75) is 63.8 Å². The third-order valence-corrected chi connectivity index (χ3v) is 8.05. The van der Waals surface area contributed by atoms with Gasteiger partial charge in [0.25, 0.3) is 0 Å². The van der Waals surface area contributed by atoms with Crippen LogP contribution < -0.4 is 0 Å². The third kappa shape index (κ3) is 11.8. The number of hydrogen-bond donors (Lipinski definition) is 1. The standard InChI is InChI=1S/C33H50N4O7/c1-2-18-40-19-12-30(28-8-3-4-13-34-28)37-16-21-42-25-24-41-20-14-36(26-27-7-5-9-29(35-27)33(38)39)15-22-43-31-10-6-11-32(31)44-23-17-37/h3-5,7-9,13,30-32H,2,6,10-12,14-26H2,1H3,(H,38,39)/t30?,31-,32+/m1/s1. The molecule has 1 unspecified atom stereocenters. The first-order chi connectivity index (χ1) is 21.6. The molecule has 0 aromatic carbocycles. The Morgan fingerprint density at radius 3 is 2.39 bits per heavy atom. The number of pyridine rings is 2. The smallest absolute Gasteiger partial charge is 0.354 e. The van der Waals surface area contributed by atoms with Crippen LogP contribution in [0, 0.1) is 0 Å². The van der Waals surface area contributed by atoms with Crippen LogP contribution in [0.1, 0.15) is 66.9 Å². The van der Waals surface area contributed by atoms with Crippen molar-refractivity contribution in [2.75, 3.05) is 79.0 Å². The summed E-state index contributed by atoms with van der Waals surface area (Å²) in [5, 5.41) is 9.34. The van der Waals surface area contributed by atoms with E-state index in [2.05, 4.69) is 27.8 Å². The van der Waals surface area contributed by atoms with Gasteiger partial charge in [0.05, 0.1) is 69.3 Å². The zero-order valence-corrected chi connectivity index (χ0v) is 26.2. The minimum Gasteiger partial charge on any atom is -0.477 e. The van der Waals surface area contributed by atoms with E-state index in [4.69, 9.17) is 28.7 Å². The molecule has 3 heterocycles. The molecule has 0 amide bonds. The molecule has 1 aliphatic carbocycles. The van der Waals surface area contributed by atoms with Crippen LogP contribution in [0.15, 0.2) is 42.6 Å². The van der Waals surface area contributed by atoms with Crippen molar-refractivity contribution in [2.24, 2.45) is 0 Å². The lowest BCUT2D eigenvalue weighted by atomic mass is 10.1. The number of ether oxygens (including phenoxy) is 5. The molecule has 1 saturated heterocycles. The quantitative estimate of drug-likeness (QED) is 0.394. The summed E-state index contributed by atoms with van der Waals surface area (Å²) in [6, 6.07) is 11.3. The molecule has 44 heavy (non-hydrogen) atoms. The van der Waals surface area contributed by atoms with E-state index in [1.54, 1.807) is 6.07 Å². The molecule has 3 atom stereocenters. The Labute approximate surface area is 261 Å². The molecule has 0 bridgehead atoms. The van der Waals surface area contributed by atoms with Crippen molar-refractivity contribution in [1.29, 1.82) is 0 Å². The van der Waals surface area contributed by atoms with Crippen molar-refractivity contribution in [3.8, 4) is 0 Å². The van der Waals surface area contributed by atoms with E-state index in [0.29, 0.717) is 71.6 Å². The van der Waals surface area contributed by atoms with Crippen LogP contribution in [-0.4, -0.2) is 122 Å². The van der Waals surface area contributed by atoms with Gasteiger partial charge >= 0.3 is 5.97 Å². The predicted octanol–water partition coefficient (Wildman–Crippen LogP) is 3.84. The van der Waals surface area contributed by atoms with E-state index >= 15 is 0 Å². The van der Waals surface area contributed by atoms with Gasteiger partial charge in [-0.05, 0) is 56.4 Å². The summed E-state index contributed by atoms with van der Waals surface area (Å²) < 4.78 is 30.6. The number of fused-ring (bicyclic) bond motifs is 1. The normalized spacial score (nSPS) is 22.9. The van der Waals surface area contributed by atoms with E-state index in [9.17, 15) is 9.90 Å². The zero-order valence-electron chi connectivity index (χ0n) is 26.2. The highest BCUT2D eigenvalue weighted by atomic mass is 16.5. The molecule has 2 fully saturated rings. The Balaban J connectivity index is 1.37. The highest BCUT2D eigenvalue weighted by Gasteiger charge is 2.30. The maximum atomic E-state index is 11.4. The zero-order chi connectivity index (χ0) is 30.8. The van der Waals surface area contributed by atoms with E-state index in [0.717, 1.165) is 57.5 Å². The molecule has 1 saturated carbocycles. The first kappa shape index (κ1) is 34.4. The Morgan fingerprint density at radius 1 is 0.932 bits per heavy atom. The maximum Gasteiger partial charge on any atom is 0.354 e. The van der Waals surface area contributed by atoms with Gasteiger partial charge in [0.15, 0.2) is 0 Å². The van der Waals surface area contributed by atoms with Gasteiger partial charge in [-0.1, -0.05) is 19.1 Å². The fourth-order valence-corrected chi connectivity index (χ4v) is 5.77. The Bertz CT molecular complexity index is 1080. The van der Waals surface area contributed by atoms with E-state index in [1.807, 2.05) is 24.4 Å². The topological polar surface area (TPSA) is 116 Å². The van der Waals surface area contributed by atoms with Crippen LogP contribution in [0.25, 0.3) is 0 Å². The highest BCUT2D eigenvalue weighted by molar-refractivity contribution is 5.85. The number of carbonyl (C=O) groups is 1. The van der Waals surface area contributed by atoms with Crippen LogP contribution in [0.3, 0.4) is 0 Å². The molecular formula is C33H50N4O7. The van der Waals surface area contributed by atoms with Gasteiger partial charge < -0.3 is 28.8 Å². The lowest BCUT2D eigenvalue weighted by molar-refractivity contribution is -0.0692. The van der Waals surface area contributed by atoms with Crippen molar-refractivity contribution >= 4 is 5.97 Å². The van der Waals surface area contributed by atoms with Crippen LogP contribution in [0.5, 0.6) is 0 Å². The number of nitrogens with zero attached hydrogens (tertiary/aromatic N) is 4. The number of aromatic carboxylic acids is 1. The van der Waals surface area contributed by atoms with Crippen molar-refractivity contribution in [1.82, 2.24) is 19.8 Å². The van der Waals surface area contributed by atoms with E-state index in [-0.39, 0.29) is 23.9 Å². The molecule has 244 valence electrons. The van der Waals surface area contributed by atoms with E-state index < -0.39 is 5.97 Å². The SMILES string of the molecule is CCCOCCC(c1ccccn1)N1CCOCCOCCN(Cc2cccc(C(=O)O)n2)CCO[C@@H]2CCC[C@@H]2OCC1. The summed E-state index contributed by atoms with van der Waals surface area (Å²) in [5.74, 6) is -1.03. The van der Waals surface area contributed by atoms with E-state index in [1.165, 1.54) is 6.07 Å². The molecule has 2 aromatic heterocycles. The van der Waals surface area contributed by atoms with Gasteiger partial charge in [-0.15, -0.1) is 0 Å². The second-order valence-corrected chi connectivity index (χ2v) is 11.3. The molecule has 11 nitrogen and oxygen atoms in total. The third-order valence-electron chi connectivity index (χ3n) is 8.05. The lowest BCUT2D eigenvalue weighted by Crippen LogP contribution is -2.38. The number of carboxylic acids is 1. The molecule has 1 aliphatic heterocycles. The Kier molecular flexibility index (Phi) is 15.5. The van der Waals surface area contributed by atoms with Crippen molar-refractivity contribution in [3.63, 3.8) is 0 Å². The van der Waals surface area contributed by atoms with Gasteiger partial charge in [-0.2, -0.15) is 0 Å². The average Bonchev–Trinajstić information content (AvgIpc) is 3.48. The number of aromatic nitrogens is 2. The fourth-order valence-electron chi connectivity index (χ4n) is 5.77. The highest BCUT2D eigenvalue weighted by Crippen LogP contribution is 2.26. The number of hydrogen-bond acceptors (Lipinski definition) is 10. The Morgan fingerprint density at radius 2 is 1.66 bits per heavy atom. The van der Waals surface area contributed by atoms with Crippen molar-refractivity contribution in [3.05, 3.63) is 59.7 Å². The molecule has 4 rings (SSSR count). The molecule has 0 radical (unpaired) electrons. The molecule has 2 aliphatic rings. The predicted molar refractivity (Wildman–Crippen MR) is 166 cm³/mol. The molecule has 2 aromatic rings. The summed E-state index contributed by atoms with van der Waals surface area (Å²) in [7, 11) is 0. The molecular weight excluding hydrogens is 564 g/mol. The largest absolute Gasteiger partial charge is 0.477 e. The molecule has 11 heteroatoms. The first-order valence-electron chi connectivity index (χ1n) is 16.2. The van der Waals surface area contributed by atoms with Crippen LogP contribution in [0.2, 0.25) is 0 Å². The van der Waals surface area contributed by atoms with Gasteiger partial charge in [0.1, 0.15) is 5.69 Å². The van der Waals surface area contributed by atoms with Crippen LogP contribution in [0.4, 0.5) is 0 Å². The maximum absolute atomic E-state index is 11.4. The number of carboxylic acid groups (broad SMARTS) is 1. The summed E-state index contributed by atoms with van der Waals surface area (Å²) >= 11 is 0. The summed E-state index contributed by atoms with van der Waals surface area (Å²) in [4.78, 5) is 25.0. The van der Waals surface area contributed by atoms with Crippen LogP contribution >= 0.6 is 0 Å². The molecule has 0 spiro atoms. The van der Waals surface area contributed by atoms with Crippen LogP contribution in [-0.2, 0) is 30.2 Å². The summed E-state index contributed by atoms with van der Waals surface area (Å²) in [5.41, 5.74) is 1.80. The minimum atomic E-state index is -1.03. The Hall–Kier alpha value is -2.51. The average molecular weight is 615 g/mol. The van der Waals surface area contributed by atoms with Gasteiger partial charge in [-0.25, -0.2) is 9.78 Å². The summed E-state index contributed by atoms with van der Waals surface area (Å²) in [6.45, 7) is 10.2. The number of rotatable bonds is 10. The first-order valence-corrected chi connectivity index (χ1v) is 16.2. The summed E-state index contributed by atoms with van der Waals surface area (Å²) in [6.07, 6.45) is 6.90. The van der Waals surface area contributed by atoms with Crippen molar-refractivity contribution < 1.29 is 33.6 Å². The van der Waals surface area contributed by atoms with Gasteiger partial charge in [0, 0.05) is 52.1 Å². The van der Waals surface area contributed by atoms with Gasteiger partial charge in [0.2, 0.25) is 0 Å². The second kappa shape index (κ2) is 19.8.